The van der Waals surface area contributed by atoms with Crippen molar-refractivity contribution in [3.05, 3.63) is 0 Å². The highest BCUT2D eigenvalue weighted by molar-refractivity contribution is 6.62. The van der Waals surface area contributed by atoms with E-state index in [0.29, 0.717) is 13.2 Å². The minimum Gasteiger partial charge on any atom is -0.375 e. The van der Waals surface area contributed by atoms with Crippen LogP contribution in [0.5, 0.6) is 0 Å². The molecule has 0 aliphatic carbocycles. The summed E-state index contributed by atoms with van der Waals surface area (Å²) in [4.78, 5) is 0. The fourth-order valence-electron chi connectivity index (χ4n) is 1.62. The van der Waals surface area contributed by atoms with Crippen LogP contribution in [0.1, 0.15) is 20.3 Å². The van der Waals surface area contributed by atoms with Crippen LogP contribution in [-0.4, -0.2) is 54.7 Å². The van der Waals surface area contributed by atoms with E-state index in [1.165, 1.54) is 0 Å². The van der Waals surface area contributed by atoms with Crippen molar-refractivity contribution in [1.82, 2.24) is 0 Å². The molecule has 1 rings (SSSR count). The van der Waals surface area contributed by atoms with Gasteiger partial charge in [0.1, 0.15) is 11.8 Å². The molecule has 1 aliphatic heterocycles. The van der Waals surface area contributed by atoms with E-state index in [2.05, 4.69) is 0 Å². The average Bonchev–Trinajstić information content (AvgIpc) is 3.12. The van der Waals surface area contributed by atoms with E-state index in [1.807, 2.05) is 13.8 Å². The molecule has 16 heavy (non-hydrogen) atoms. The molecule has 5 nitrogen and oxygen atoms in total. The number of hydrogen-bond acceptors (Lipinski definition) is 5. The van der Waals surface area contributed by atoms with Crippen LogP contribution in [0.25, 0.3) is 0 Å². The third-order valence-corrected chi connectivity index (χ3v) is 5.76. The molecule has 1 saturated heterocycles. The third-order valence-electron chi connectivity index (χ3n) is 2.57. The maximum atomic E-state index is 5.78. The van der Waals surface area contributed by atoms with Gasteiger partial charge in [-0.25, -0.2) is 0 Å². The van der Waals surface area contributed by atoms with Crippen molar-refractivity contribution in [2.75, 3.05) is 34.0 Å². The smallest absolute Gasteiger partial charge is 0.375 e. The molecule has 2 atom stereocenters. The van der Waals surface area contributed by atoms with Crippen LogP contribution in [-0.2, 0) is 22.8 Å². The first-order chi connectivity index (χ1) is 7.72. The first kappa shape index (κ1) is 14.1. The highest BCUT2D eigenvalue weighted by Crippen LogP contribution is 2.21. The molecule has 1 aliphatic rings. The summed E-state index contributed by atoms with van der Waals surface area (Å²) in [5, 5.41) is 0. The predicted octanol–water partition coefficient (Wildman–Crippen LogP) is 0.988. The molecule has 1 heterocycles. The number of epoxide rings is 1. The lowest BCUT2D eigenvalue weighted by atomic mass is 10.5. The van der Waals surface area contributed by atoms with Crippen LogP contribution < -0.4 is 0 Å². The van der Waals surface area contributed by atoms with Crippen LogP contribution in [0.4, 0.5) is 0 Å². The Morgan fingerprint density at radius 2 is 1.94 bits per heavy atom. The second-order valence-electron chi connectivity index (χ2n) is 3.63. The lowest BCUT2D eigenvalue weighted by molar-refractivity contribution is -0.000498. The molecule has 2 unspecified atom stereocenters. The largest absolute Gasteiger partial charge is 0.530 e. The molecule has 0 aromatic heterocycles. The monoisotopic (exact) mass is 250 g/mol. The van der Waals surface area contributed by atoms with Crippen LogP contribution in [0.3, 0.4) is 0 Å². The zero-order valence-corrected chi connectivity index (χ0v) is 11.5. The van der Waals surface area contributed by atoms with Gasteiger partial charge in [0.05, 0.1) is 13.2 Å². The average molecular weight is 250 g/mol. The Morgan fingerprint density at radius 1 is 1.31 bits per heavy atom. The topological polar surface area (TPSA) is 49.5 Å². The molecule has 0 N–H and O–H groups in total. The van der Waals surface area contributed by atoms with Gasteiger partial charge >= 0.3 is 8.80 Å². The second kappa shape index (κ2) is 6.68. The lowest BCUT2D eigenvalue weighted by Gasteiger charge is -2.32. The summed E-state index contributed by atoms with van der Waals surface area (Å²) in [5.41, 5.74) is -0.119. The van der Waals surface area contributed by atoms with Crippen molar-refractivity contribution in [3.8, 4) is 0 Å². The highest BCUT2D eigenvalue weighted by Gasteiger charge is 2.48. The maximum Gasteiger partial charge on any atom is 0.530 e. The maximum absolute atomic E-state index is 5.78. The summed E-state index contributed by atoms with van der Waals surface area (Å²) < 4.78 is 27.5. The van der Waals surface area contributed by atoms with E-state index < -0.39 is 8.80 Å². The Labute approximate surface area is 98.3 Å². The molecule has 0 aromatic rings. The first-order valence-corrected chi connectivity index (χ1v) is 7.50. The third kappa shape index (κ3) is 3.51. The zero-order valence-electron chi connectivity index (χ0n) is 10.5. The fraction of sp³-hybridized carbons (Fsp3) is 1.00. The van der Waals surface area contributed by atoms with E-state index in [0.717, 1.165) is 13.0 Å². The van der Waals surface area contributed by atoms with Crippen molar-refractivity contribution < 1.29 is 22.8 Å². The van der Waals surface area contributed by atoms with Gasteiger partial charge in [-0.1, -0.05) is 6.92 Å². The van der Waals surface area contributed by atoms with Crippen molar-refractivity contribution in [1.29, 1.82) is 0 Å². The van der Waals surface area contributed by atoms with E-state index in [9.17, 15) is 0 Å². The molecular formula is C10H22O5Si. The van der Waals surface area contributed by atoms with Gasteiger partial charge in [-0.15, -0.1) is 0 Å². The molecule has 0 bridgehead atoms. The van der Waals surface area contributed by atoms with Crippen LogP contribution in [0.2, 0.25) is 0 Å². The summed E-state index contributed by atoms with van der Waals surface area (Å²) in [6.45, 7) is 5.91. The molecule has 96 valence electrons. The van der Waals surface area contributed by atoms with Crippen molar-refractivity contribution >= 4 is 8.80 Å². The quantitative estimate of drug-likeness (QED) is 0.451. The Hall–Kier alpha value is 0.0169. The van der Waals surface area contributed by atoms with Gasteiger partial charge in [0, 0.05) is 20.8 Å². The Balaban J connectivity index is 2.54. The van der Waals surface area contributed by atoms with Crippen LogP contribution in [0.15, 0.2) is 0 Å². The minimum absolute atomic E-state index is 0.119. The zero-order chi connectivity index (χ0) is 12.0. The summed E-state index contributed by atoms with van der Waals surface area (Å²) in [5.74, 6) is 0. The molecule has 1 fully saturated rings. The molecular weight excluding hydrogens is 228 g/mol. The van der Waals surface area contributed by atoms with E-state index in [1.54, 1.807) is 14.2 Å². The summed E-state index contributed by atoms with van der Waals surface area (Å²) in [6, 6.07) is 0. The molecule has 0 spiro atoms. The van der Waals surface area contributed by atoms with Crippen molar-refractivity contribution in [3.63, 3.8) is 0 Å². The second-order valence-corrected chi connectivity index (χ2v) is 6.59. The number of hydrogen-bond donors (Lipinski definition) is 0. The highest BCUT2D eigenvalue weighted by atomic mass is 28.4. The normalized spacial score (nSPS) is 22.1. The number of rotatable bonds is 9. The molecule has 0 amide bonds. The van der Waals surface area contributed by atoms with Crippen LogP contribution >= 0.6 is 0 Å². The SMILES string of the molecule is CCO[Si](OC)(OC)C(CC)OCC1CO1. The van der Waals surface area contributed by atoms with E-state index in [-0.39, 0.29) is 11.8 Å². The fourth-order valence-corrected chi connectivity index (χ4v) is 3.93. The Bertz CT molecular complexity index is 194. The molecule has 0 aromatic carbocycles. The van der Waals surface area contributed by atoms with Crippen LogP contribution in [0, 0.1) is 0 Å². The van der Waals surface area contributed by atoms with Gasteiger partial charge < -0.3 is 22.8 Å². The van der Waals surface area contributed by atoms with E-state index >= 15 is 0 Å². The van der Waals surface area contributed by atoms with Gasteiger partial charge in [-0.3, -0.25) is 0 Å². The predicted molar refractivity (Wildman–Crippen MR) is 61.2 cm³/mol. The molecule has 0 saturated carbocycles. The van der Waals surface area contributed by atoms with Gasteiger partial charge in [-0.05, 0) is 13.3 Å². The number of ether oxygens (including phenoxy) is 2. The van der Waals surface area contributed by atoms with Gasteiger partial charge in [-0.2, -0.15) is 0 Å². The lowest BCUT2D eigenvalue weighted by Crippen LogP contribution is -2.56. The molecule has 0 radical (unpaired) electrons. The van der Waals surface area contributed by atoms with Crippen molar-refractivity contribution in [2.45, 2.75) is 32.1 Å². The standard InChI is InChI=1S/C10H22O5Si/c1-5-10(14-8-9-7-13-9)16(11-3,12-4)15-6-2/h9-10H,5-8H2,1-4H3. The van der Waals surface area contributed by atoms with Gasteiger partial charge in [0.15, 0.2) is 0 Å². The van der Waals surface area contributed by atoms with Gasteiger partial charge in [0.2, 0.25) is 0 Å². The Morgan fingerprint density at radius 3 is 2.31 bits per heavy atom. The summed E-state index contributed by atoms with van der Waals surface area (Å²) in [7, 11) is 0.542. The first-order valence-electron chi connectivity index (χ1n) is 5.69. The molecule has 6 heteroatoms. The van der Waals surface area contributed by atoms with E-state index in [4.69, 9.17) is 22.8 Å². The summed E-state index contributed by atoms with van der Waals surface area (Å²) >= 11 is 0. The Kier molecular flexibility index (Phi) is 5.88. The van der Waals surface area contributed by atoms with Gasteiger partial charge in [0.25, 0.3) is 0 Å². The summed E-state index contributed by atoms with van der Waals surface area (Å²) in [6.07, 6.45) is 1.05. The minimum atomic E-state index is -2.69. The van der Waals surface area contributed by atoms with Crippen molar-refractivity contribution in [2.24, 2.45) is 0 Å².